The van der Waals surface area contributed by atoms with E-state index in [-0.39, 0.29) is 16.1 Å². The standard InChI is InChI=1S/C19H20ClFN2O4/c1-3-9-27-17-15(20)10-13(11-16(17)26-4-2)19(25)23-22-18(24)12-5-7-14(21)8-6-12/h5-8,10-11H,3-4,9H2,1-2H3,(H,22,24)(H,23,25). The lowest BCUT2D eigenvalue weighted by atomic mass is 10.2. The van der Waals surface area contributed by atoms with Crippen LogP contribution in [0.15, 0.2) is 36.4 Å². The third kappa shape index (κ3) is 5.59. The largest absolute Gasteiger partial charge is 0.490 e. The molecule has 0 saturated carbocycles. The fourth-order valence-electron chi connectivity index (χ4n) is 2.17. The van der Waals surface area contributed by atoms with Crippen LogP contribution in [0.3, 0.4) is 0 Å². The summed E-state index contributed by atoms with van der Waals surface area (Å²) in [6.45, 7) is 4.58. The predicted octanol–water partition coefficient (Wildman–Crippen LogP) is 3.74. The summed E-state index contributed by atoms with van der Waals surface area (Å²) in [5, 5.41) is 0.226. The molecule has 6 nitrogen and oxygen atoms in total. The molecule has 0 bridgehead atoms. The van der Waals surface area contributed by atoms with E-state index in [2.05, 4.69) is 10.9 Å². The normalized spacial score (nSPS) is 10.2. The molecule has 8 heteroatoms. The highest BCUT2D eigenvalue weighted by atomic mass is 35.5. The molecule has 0 aliphatic heterocycles. The van der Waals surface area contributed by atoms with Crippen molar-refractivity contribution >= 4 is 23.4 Å². The van der Waals surface area contributed by atoms with Crippen LogP contribution in [0.1, 0.15) is 41.0 Å². The SMILES string of the molecule is CCCOc1c(Cl)cc(C(=O)NNC(=O)c2ccc(F)cc2)cc1OCC. The predicted molar refractivity (Wildman–Crippen MR) is 99.7 cm³/mol. The molecule has 144 valence electrons. The van der Waals surface area contributed by atoms with E-state index in [0.29, 0.717) is 24.7 Å². The van der Waals surface area contributed by atoms with Gasteiger partial charge in [-0.25, -0.2) is 4.39 Å². The second-order valence-corrected chi connectivity index (χ2v) is 5.89. The molecule has 0 aromatic heterocycles. The van der Waals surface area contributed by atoms with Gasteiger partial charge < -0.3 is 9.47 Å². The first-order valence-corrected chi connectivity index (χ1v) is 8.79. The van der Waals surface area contributed by atoms with Gasteiger partial charge in [-0.3, -0.25) is 20.4 Å². The van der Waals surface area contributed by atoms with Gasteiger partial charge in [0, 0.05) is 11.1 Å². The van der Waals surface area contributed by atoms with E-state index in [4.69, 9.17) is 21.1 Å². The van der Waals surface area contributed by atoms with Gasteiger partial charge in [-0.1, -0.05) is 18.5 Å². The number of carbonyl (C=O) groups is 2. The molecule has 2 N–H and O–H groups in total. The van der Waals surface area contributed by atoms with Gasteiger partial charge in [-0.15, -0.1) is 0 Å². The Labute approximate surface area is 161 Å². The van der Waals surface area contributed by atoms with E-state index in [1.54, 1.807) is 6.92 Å². The van der Waals surface area contributed by atoms with Crippen molar-refractivity contribution < 1.29 is 23.5 Å². The Morgan fingerprint density at radius 1 is 1.00 bits per heavy atom. The van der Waals surface area contributed by atoms with E-state index >= 15 is 0 Å². The van der Waals surface area contributed by atoms with E-state index in [9.17, 15) is 14.0 Å². The van der Waals surface area contributed by atoms with Crippen molar-refractivity contribution in [2.24, 2.45) is 0 Å². The van der Waals surface area contributed by atoms with Gasteiger partial charge in [0.15, 0.2) is 11.5 Å². The molecule has 0 spiro atoms. The summed E-state index contributed by atoms with van der Waals surface area (Å²) in [6, 6.07) is 7.83. The third-order valence-electron chi connectivity index (χ3n) is 3.42. The molecule has 0 heterocycles. The Morgan fingerprint density at radius 3 is 2.22 bits per heavy atom. The number of benzene rings is 2. The summed E-state index contributed by atoms with van der Waals surface area (Å²) in [5.41, 5.74) is 4.93. The maximum absolute atomic E-state index is 12.9. The molecule has 2 amide bonds. The van der Waals surface area contributed by atoms with Gasteiger partial charge in [-0.05, 0) is 49.7 Å². The molecule has 27 heavy (non-hydrogen) atoms. The lowest BCUT2D eigenvalue weighted by Crippen LogP contribution is -2.41. The van der Waals surface area contributed by atoms with E-state index in [1.165, 1.54) is 24.3 Å². The second kappa shape index (κ2) is 9.78. The number of halogens is 2. The minimum atomic E-state index is -0.588. The van der Waals surface area contributed by atoms with Crippen molar-refractivity contribution in [3.8, 4) is 11.5 Å². The van der Waals surface area contributed by atoms with Crippen LogP contribution in [0.2, 0.25) is 5.02 Å². The van der Waals surface area contributed by atoms with Gasteiger partial charge in [-0.2, -0.15) is 0 Å². The lowest BCUT2D eigenvalue weighted by molar-refractivity contribution is 0.0846. The number of carbonyl (C=O) groups excluding carboxylic acids is 2. The van der Waals surface area contributed by atoms with Gasteiger partial charge in [0.05, 0.1) is 18.2 Å². The van der Waals surface area contributed by atoms with E-state index in [0.717, 1.165) is 18.6 Å². The maximum Gasteiger partial charge on any atom is 0.269 e. The molecule has 0 saturated heterocycles. The van der Waals surface area contributed by atoms with Gasteiger partial charge >= 0.3 is 0 Å². The highest BCUT2D eigenvalue weighted by Crippen LogP contribution is 2.36. The third-order valence-corrected chi connectivity index (χ3v) is 3.70. The van der Waals surface area contributed by atoms with Crippen LogP contribution in [-0.4, -0.2) is 25.0 Å². The molecular formula is C19H20ClFN2O4. The zero-order valence-corrected chi connectivity index (χ0v) is 15.7. The Bertz CT molecular complexity index is 812. The summed E-state index contributed by atoms with van der Waals surface area (Å²) in [7, 11) is 0. The van der Waals surface area contributed by atoms with Crippen molar-refractivity contribution in [1.29, 1.82) is 0 Å². The second-order valence-electron chi connectivity index (χ2n) is 5.48. The highest BCUT2D eigenvalue weighted by molar-refractivity contribution is 6.32. The first-order valence-electron chi connectivity index (χ1n) is 8.41. The van der Waals surface area contributed by atoms with Crippen LogP contribution >= 0.6 is 11.6 Å². The first-order chi connectivity index (χ1) is 13.0. The van der Waals surface area contributed by atoms with E-state index < -0.39 is 17.6 Å². The first kappa shape index (κ1) is 20.5. The molecule has 0 aliphatic carbocycles. The smallest absolute Gasteiger partial charge is 0.269 e. The van der Waals surface area contributed by atoms with Crippen LogP contribution in [0.25, 0.3) is 0 Å². The van der Waals surface area contributed by atoms with Crippen molar-refractivity contribution in [3.63, 3.8) is 0 Å². The summed E-state index contributed by atoms with van der Waals surface area (Å²) < 4.78 is 24.0. The molecule has 2 rings (SSSR count). The minimum absolute atomic E-state index is 0.187. The molecule has 2 aromatic carbocycles. The summed E-state index contributed by atoms with van der Waals surface area (Å²) in [4.78, 5) is 24.3. The monoisotopic (exact) mass is 394 g/mol. The van der Waals surface area contributed by atoms with Gasteiger partial charge in [0.25, 0.3) is 11.8 Å². The molecule has 2 aromatic rings. The Kier molecular flexibility index (Phi) is 7.43. The van der Waals surface area contributed by atoms with Crippen molar-refractivity contribution in [3.05, 3.63) is 58.4 Å². The van der Waals surface area contributed by atoms with Crippen LogP contribution in [0.5, 0.6) is 11.5 Å². The Morgan fingerprint density at radius 2 is 1.63 bits per heavy atom. The Hall–Kier alpha value is -2.80. The van der Waals surface area contributed by atoms with Crippen LogP contribution in [0, 0.1) is 5.82 Å². The fraction of sp³-hybridized carbons (Fsp3) is 0.263. The topological polar surface area (TPSA) is 76.7 Å². The van der Waals surface area contributed by atoms with Gasteiger partial charge in [0.1, 0.15) is 5.82 Å². The van der Waals surface area contributed by atoms with Crippen molar-refractivity contribution in [2.75, 3.05) is 13.2 Å². The van der Waals surface area contributed by atoms with Crippen molar-refractivity contribution in [2.45, 2.75) is 20.3 Å². The average molecular weight is 395 g/mol. The zero-order valence-electron chi connectivity index (χ0n) is 15.0. The maximum atomic E-state index is 12.9. The minimum Gasteiger partial charge on any atom is -0.490 e. The molecule has 0 radical (unpaired) electrons. The Balaban J connectivity index is 2.10. The van der Waals surface area contributed by atoms with Crippen LogP contribution < -0.4 is 20.3 Å². The molecule has 0 unspecified atom stereocenters. The quantitative estimate of drug-likeness (QED) is 0.701. The zero-order chi connectivity index (χ0) is 19.8. The molecular weight excluding hydrogens is 375 g/mol. The van der Waals surface area contributed by atoms with Gasteiger partial charge in [0.2, 0.25) is 0 Å². The van der Waals surface area contributed by atoms with Crippen LogP contribution in [0.4, 0.5) is 4.39 Å². The average Bonchev–Trinajstić information content (AvgIpc) is 2.65. The van der Waals surface area contributed by atoms with Crippen molar-refractivity contribution in [1.82, 2.24) is 10.9 Å². The number of ether oxygens (including phenoxy) is 2. The van der Waals surface area contributed by atoms with E-state index in [1.807, 2.05) is 6.92 Å². The number of hydrogen-bond donors (Lipinski definition) is 2. The fourth-order valence-corrected chi connectivity index (χ4v) is 2.43. The number of amides is 2. The number of hydrogen-bond acceptors (Lipinski definition) is 4. The number of nitrogens with one attached hydrogen (secondary N) is 2. The summed E-state index contributed by atoms with van der Waals surface area (Å²) >= 11 is 6.22. The lowest BCUT2D eigenvalue weighted by Gasteiger charge is -2.15. The summed E-state index contributed by atoms with van der Waals surface area (Å²) in [6.07, 6.45) is 0.791. The number of hydrazine groups is 1. The molecule has 0 fully saturated rings. The number of rotatable bonds is 7. The molecule has 0 atom stereocenters. The van der Waals surface area contributed by atoms with Crippen LogP contribution in [-0.2, 0) is 0 Å². The molecule has 0 aliphatic rings. The highest BCUT2D eigenvalue weighted by Gasteiger charge is 2.17. The summed E-state index contributed by atoms with van der Waals surface area (Å²) in [5.74, 6) is -0.919.